The molecule has 0 saturated carbocycles. The third kappa shape index (κ3) is 3.72. The van der Waals surface area contributed by atoms with Gasteiger partial charge in [0.15, 0.2) is 5.57 Å². The molecule has 0 radical (unpaired) electrons. The summed E-state index contributed by atoms with van der Waals surface area (Å²) < 4.78 is 4.98. The quantitative estimate of drug-likeness (QED) is 0.503. The summed E-state index contributed by atoms with van der Waals surface area (Å²) in [5.74, 6) is -0.147. The van der Waals surface area contributed by atoms with Crippen molar-refractivity contribution in [1.29, 1.82) is 5.26 Å². The highest BCUT2D eigenvalue weighted by molar-refractivity contribution is 6.31. The molecular formula is C18H20ClN3O2. The number of nitrogens with one attached hydrogen (secondary N) is 1. The van der Waals surface area contributed by atoms with E-state index >= 15 is 0 Å². The maximum absolute atomic E-state index is 12.0. The number of halogens is 1. The zero-order chi connectivity index (χ0) is 17.7. The number of esters is 1. The normalized spacial score (nSPS) is 15.9. The molecule has 0 aromatic heterocycles. The van der Waals surface area contributed by atoms with Crippen molar-refractivity contribution in [3.63, 3.8) is 0 Å². The molecule has 6 heteroatoms. The summed E-state index contributed by atoms with van der Waals surface area (Å²) in [5.41, 5.74) is 2.87. The van der Waals surface area contributed by atoms with Crippen LogP contribution in [0.25, 0.3) is 0 Å². The summed E-state index contributed by atoms with van der Waals surface area (Å²) in [7, 11) is 0. The van der Waals surface area contributed by atoms with Crippen LogP contribution in [0.5, 0.6) is 0 Å². The van der Waals surface area contributed by atoms with Gasteiger partial charge < -0.3 is 15.0 Å². The molecule has 24 heavy (non-hydrogen) atoms. The van der Waals surface area contributed by atoms with E-state index in [0.717, 1.165) is 17.0 Å². The number of benzene rings is 1. The first kappa shape index (κ1) is 17.9. The molecule has 2 rings (SSSR count). The minimum atomic E-state index is -0.618. The number of hydrogen-bond donors (Lipinski definition) is 1. The number of nitriles is 1. The van der Waals surface area contributed by atoms with Crippen LogP contribution in [-0.4, -0.2) is 24.0 Å². The molecule has 1 aliphatic rings. The second-order valence-electron chi connectivity index (χ2n) is 5.38. The van der Waals surface area contributed by atoms with Gasteiger partial charge in [0.2, 0.25) is 0 Å². The van der Waals surface area contributed by atoms with E-state index in [2.05, 4.69) is 5.32 Å². The van der Waals surface area contributed by atoms with E-state index in [1.165, 1.54) is 0 Å². The van der Waals surface area contributed by atoms with Crippen LogP contribution < -0.4 is 5.32 Å². The van der Waals surface area contributed by atoms with Crippen molar-refractivity contribution in [3.8, 4) is 6.07 Å². The van der Waals surface area contributed by atoms with Gasteiger partial charge in [0, 0.05) is 23.0 Å². The Labute approximate surface area is 147 Å². The van der Waals surface area contributed by atoms with Gasteiger partial charge in [0.1, 0.15) is 11.9 Å². The van der Waals surface area contributed by atoms with Crippen LogP contribution in [-0.2, 0) is 16.0 Å². The van der Waals surface area contributed by atoms with Crippen LogP contribution in [0.3, 0.4) is 0 Å². The van der Waals surface area contributed by atoms with Gasteiger partial charge in [-0.05, 0) is 38.8 Å². The van der Waals surface area contributed by atoms with Gasteiger partial charge in [-0.3, -0.25) is 0 Å². The predicted octanol–water partition coefficient (Wildman–Crippen LogP) is 3.34. The van der Waals surface area contributed by atoms with Crippen molar-refractivity contribution >= 4 is 17.6 Å². The topological polar surface area (TPSA) is 65.4 Å². The zero-order valence-corrected chi connectivity index (χ0v) is 14.8. The molecule has 0 spiro atoms. The van der Waals surface area contributed by atoms with E-state index in [4.69, 9.17) is 16.3 Å². The molecule has 0 fully saturated rings. The highest BCUT2D eigenvalue weighted by atomic mass is 35.5. The molecule has 5 nitrogen and oxygen atoms in total. The van der Waals surface area contributed by atoms with Gasteiger partial charge in [0.05, 0.1) is 6.61 Å². The second-order valence-corrected chi connectivity index (χ2v) is 5.79. The van der Waals surface area contributed by atoms with Crippen LogP contribution in [0, 0.1) is 11.3 Å². The van der Waals surface area contributed by atoms with E-state index in [-0.39, 0.29) is 12.2 Å². The van der Waals surface area contributed by atoms with E-state index in [9.17, 15) is 10.1 Å². The molecule has 0 atom stereocenters. The Balaban J connectivity index is 2.28. The van der Waals surface area contributed by atoms with Crippen LogP contribution >= 0.6 is 11.6 Å². The van der Waals surface area contributed by atoms with E-state index < -0.39 is 5.97 Å². The fourth-order valence-corrected chi connectivity index (χ4v) is 2.74. The minimum Gasteiger partial charge on any atom is -0.462 e. The maximum atomic E-state index is 12.0. The average molecular weight is 346 g/mol. The Kier molecular flexibility index (Phi) is 5.88. The van der Waals surface area contributed by atoms with E-state index in [1.54, 1.807) is 6.92 Å². The van der Waals surface area contributed by atoms with Crippen molar-refractivity contribution in [3.05, 3.63) is 57.6 Å². The Morgan fingerprint density at radius 3 is 2.71 bits per heavy atom. The number of rotatable bonds is 5. The van der Waals surface area contributed by atoms with Crippen LogP contribution in [0.2, 0.25) is 5.02 Å². The lowest BCUT2D eigenvalue weighted by molar-refractivity contribution is -0.138. The van der Waals surface area contributed by atoms with Gasteiger partial charge in [-0.2, -0.15) is 5.26 Å². The molecule has 1 heterocycles. The number of hydrogen-bond acceptors (Lipinski definition) is 5. The first-order valence-corrected chi connectivity index (χ1v) is 8.14. The zero-order valence-electron chi connectivity index (χ0n) is 14.0. The van der Waals surface area contributed by atoms with Crippen molar-refractivity contribution in [2.24, 2.45) is 0 Å². The van der Waals surface area contributed by atoms with Crippen molar-refractivity contribution < 1.29 is 9.53 Å². The molecule has 0 bridgehead atoms. The maximum Gasteiger partial charge on any atom is 0.352 e. The molecule has 1 aromatic rings. The lowest BCUT2D eigenvalue weighted by Crippen LogP contribution is -2.27. The van der Waals surface area contributed by atoms with Gasteiger partial charge in [-0.1, -0.05) is 29.8 Å². The number of nitrogens with zero attached hydrogens (tertiary/aromatic N) is 2. The summed E-state index contributed by atoms with van der Waals surface area (Å²) in [6, 6.07) is 9.60. The Hall–Kier alpha value is -2.45. The molecule has 1 aromatic carbocycles. The lowest BCUT2D eigenvalue weighted by Gasteiger charge is -2.22. The third-order valence-corrected chi connectivity index (χ3v) is 4.28. The van der Waals surface area contributed by atoms with Crippen molar-refractivity contribution in [1.82, 2.24) is 10.2 Å². The first-order valence-electron chi connectivity index (χ1n) is 7.76. The Bertz CT molecular complexity index is 747. The summed E-state index contributed by atoms with van der Waals surface area (Å²) >= 11 is 6.21. The van der Waals surface area contributed by atoms with Crippen LogP contribution in [0.4, 0.5) is 0 Å². The first-order chi connectivity index (χ1) is 11.5. The molecule has 126 valence electrons. The summed E-state index contributed by atoms with van der Waals surface area (Å²) in [4.78, 5) is 14.0. The number of carbonyl (C=O) groups excluding carboxylic acids is 1. The standard InChI is InChI=1S/C18H20ClN3O2/c1-4-24-18(23)15(11-20)17-21-12(2)13(3)22(17)10-9-14-7-5-6-8-16(14)19/h5-8,21H,4,9-10H2,1-3H3/b17-15+. The molecule has 0 saturated heterocycles. The molecule has 1 N–H and O–H groups in total. The largest absolute Gasteiger partial charge is 0.462 e. The lowest BCUT2D eigenvalue weighted by atomic mass is 10.1. The summed E-state index contributed by atoms with van der Waals surface area (Å²) in [6.45, 7) is 6.39. The molecule has 0 aliphatic carbocycles. The SMILES string of the molecule is CCOC(=O)/C(C#N)=C1\NC(C)=C(C)N1CCc1ccccc1Cl. The second kappa shape index (κ2) is 7.89. The Morgan fingerprint density at radius 1 is 1.38 bits per heavy atom. The molecular weight excluding hydrogens is 326 g/mol. The van der Waals surface area contributed by atoms with Gasteiger partial charge in [-0.25, -0.2) is 4.79 Å². The third-order valence-electron chi connectivity index (χ3n) is 3.91. The average Bonchev–Trinajstić information content (AvgIpc) is 2.83. The highest BCUT2D eigenvalue weighted by Gasteiger charge is 2.28. The van der Waals surface area contributed by atoms with Crippen molar-refractivity contribution in [2.75, 3.05) is 13.2 Å². The summed E-state index contributed by atoms with van der Waals surface area (Å²) in [6.07, 6.45) is 0.691. The predicted molar refractivity (Wildman–Crippen MR) is 92.6 cm³/mol. The van der Waals surface area contributed by atoms with Gasteiger partial charge in [-0.15, -0.1) is 0 Å². The molecule has 0 amide bonds. The van der Waals surface area contributed by atoms with E-state index in [1.807, 2.05) is 49.1 Å². The van der Waals surface area contributed by atoms with Crippen LogP contribution in [0.1, 0.15) is 26.3 Å². The monoisotopic (exact) mass is 345 g/mol. The fraction of sp³-hybridized carbons (Fsp3) is 0.333. The number of ether oxygens (including phenoxy) is 1. The smallest absolute Gasteiger partial charge is 0.352 e. The Morgan fingerprint density at radius 2 is 2.08 bits per heavy atom. The minimum absolute atomic E-state index is 0.0211. The van der Waals surface area contributed by atoms with Crippen LogP contribution in [0.15, 0.2) is 47.1 Å². The fourth-order valence-electron chi connectivity index (χ4n) is 2.51. The molecule has 0 unspecified atom stereocenters. The number of carbonyl (C=O) groups is 1. The van der Waals surface area contributed by atoms with Gasteiger partial charge >= 0.3 is 5.97 Å². The number of allylic oxidation sites excluding steroid dienone is 2. The van der Waals surface area contributed by atoms with E-state index in [0.29, 0.717) is 23.8 Å². The van der Waals surface area contributed by atoms with Gasteiger partial charge in [0.25, 0.3) is 0 Å². The van der Waals surface area contributed by atoms with Crippen molar-refractivity contribution in [2.45, 2.75) is 27.2 Å². The highest BCUT2D eigenvalue weighted by Crippen LogP contribution is 2.26. The summed E-state index contributed by atoms with van der Waals surface area (Å²) in [5, 5.41) is 13.2. The molecule has 1 aliphatic heterocycles.